The fraction of sp³-hybridized carbons (Fsp3) is 0.333. The highest BCUT2D eigenvalue weighted by molar-refractivity contribution is 5.34. The van der Waals surface area contributed by atoms with Gasteiger partial charge in [0, 0.05) is 0 Å². The third-order valence-electron chi connectivity index (χ3n) is 3.55. The second kappa shape index (κ2) is 7.11. The number of benzene rings is 2. The van der Waals surface area contributed by atoms with Crippen LogP contribution in [0, 0.1) is 13.8 Å². The molecule has 0 fully saturated rings. The van der Waals surface area contributed by atoms with E-state index < -0.39 is 0 Å². The van der Waals surface area contributed by atoms with Gasteiger partial charge in [-0.2, -0.15) is 0 Å². The van der Waals surface area contributed by atoms with E-state index in [2.05, 4.69) is 62.5 Å². The van der Waals surface area contributed by atoms with Gasteiger partial charge in [-0.1, -0.05) is 43.3 Å². The molecule has 1 N–H and O–H groups in total. The molecule has 0 aromatic heterocycles. The first-order valence-corrected chi connectivity index (χ1v) is 7.19. The van der Waals surface area contributed by atoms with E-state index in [1.807, 2.05) is 12.1 Å². The lowest BCUT2D eigenvalue weighted by Gasteiger charge is -2.19. The highest BCUT2D eigenvalue weighted by atomic mass is 16.5. The Morgan fingerprint density at radius 1 is 1.00 bits per heavy atom. The molecule has 0 saturated heterocycles. The summed E-state index contributed by atoms with van der Waals surface area (Å²) in [5, 5.41) is 3.47. The van der Waals surface area contributed by atoms with E-state index in [9.17, 15) is 0 Å². The molecule has 20 heavy (non-hydrogen) atoms. The average Bonchev–Trinajstić information content (AvgIpc) is 2.48. The van der Waals surface area contributed by atoms with Crippen LogP contribution >= 0.6 is 0 Å². The summed E-state index contributed by atoms with van der Waals surface area (Å²) in [5.74, 6) is 0.937. The Hall–Kier alpha value is -1.80. The molecular weight excluding hydrogens is 246 g/mol. The van der Waals surface area contributed by atoms with Crippen LogP contribution in [0.15, 0.2) is 48.5 Å². The Kier molecular flexibility index (Phi) is 5.19. The second-order valence-corrected chi connectivity index (χ2v) is 5.08. The molecule has 2 aromatic carbocycles. The summed E-state index contributed by atoms with van der Waals surface area (Å²) in [7, 11) is 0. The summed E-state index contributed by atoms with van der Waals surface area (Å²) >= 11 is 0. The number of likely N-dealkylation sites (N-methyl/N-ethyl adjacent to an activating group) is 1. The quantitative estimate of drug-likeness (QED) is 0.854. The lowest BCUT2D eigenvalue weighted by molar-refractivity contribution is 0.268. The summed E-state index contributed by atoms with van der Waals surface area (Å²) in [6, 6.07) is 16.9. The van der Waals surface area contributed by atoms with Gasteiger partial charge >= 0.3 is 0 Å². The number of ether oxygens (including phenoxy) is 1. The first kappa shape index (κ1) is 14.6. The predicted octanol–water partition coefficient (Wildman–Crippen LogP) is 4.03. The smallest absolute Gasteiger partial charge is 0.119 e. The van der Waals surface area contributed by atoms with Crippen LogP contribution in [0.1, 0.15) is 29.7 Å². The Morgan fingerprint density at radius 2 is 1.75 bits per heavy atom. The molecular formula is C18H23NO. The van der Waals surface area contributed by atoms with Crippen molar-refractivity contribution in [2.24, 2.45) is 0 Å². The first-order valence-electron chi connectivity index (χ1n) is 7.19. The molecule has 2 aromatic rings. The monoisotopic (exact) mass is 269 g/mol. The van der Waals surface area contributed by atoms with Crippen LogP contribution in [0.5, 0.6) is 5.75 Å². The van der Waals surface area contributed by atoms with E-state index in [4.69, 9.17) is 4.74 Å². The Bertz CT molecular complexity index is 536. The van der Waals surface area contributed by atoms with E-state index in [-0.39, 0.29) is 6.04 Å². The molecule has 0 bridgehead atoms. The maximum atomic E-state index is 5.95. The first-order chi connectivity index (χ1) is 9.70. The highest BCUT2D eigenvalue weighted by Gasteiger charge is 2.10. The van der Waals surface area contributed by atoms with Crippen molar-refractivity contribution in [2.75, 3.05) is 13.2 Å². The van der Waals surface area contributed by atoms with Gasteiger partial charge in [0.2, 0.25) is 0 Å². The van der Waals surface area contributed by atoms with Gasteiger partial charge in [-0.25, -0.2) is 0 Å². The van der Waals surface area contributed by atoms with Crippen LogP contribution in [0.3, 0.4) is 0 Å². The third-order valence-corrected chi connectivity index (χ3v) is 3.55. The fourth-order valence-electron chi connectivity index (χ4n) is 2.19. The number of rotatable bonds is 6. The molecule has 0 amide bonds. The highest BCUT2D eigenvalue weighted by Crippen LogP contribution is 2.19. The summed E-state index contributed by atoms with van der Waals surface area (Å²) in [6.07, 6.45) is 0. The molecule has 1 unspecified atom stereocenters. The van der Waals surface area contributed by atoms with Crippen LogP contribution in [-0.2, 0) is 0 Å². The van der Waals surface area contributed by atoms with Crippen molar-refractivity contribution in [3.8, 4) is 5.75 Å². The van der Waals surface area contributed by atoms with Gasteiger partial charge in [-0.3, -0.25) is 0 Å². The molecule has 2 nitrogen and oxygen atoms in total. The van der Waals surface area contributed by atoms with E-state index in [0.29, 0.717) is 6.61 Å². The summed E-state index contributed by atoms with van der Waals surface area (Å²) in [5.41, 5.74) is 3.82. The van der Waals surface area contributed by atoms with E-state index in [1.165, 1.54) is 16.7 Å². The number of hydrogen-bond donors (Lipinski definition) is 1. The van der Waals surface area contributed by atoms with Crippen molar-refractivity contribution in [1.82, 2.24) is 5.32 Å². The van der Waals surface area contributed by atoms with Crippen LogP contribution in [-0.4, -0.2) is 13.2 Å². The van der Waals surface area contributed by atoms with Crippen molar-refractivity contribution in [3.63, 3.8) is 0 Å². The molecule has 1 atom stereocenters. The SMILES string of the molecule is CCNC(COc1ccc(C)c(C)c1)c1ccccc1. The van der Waals surface area contributed by atoms with Crippen LogP contribution in [0.25, 0.3) is 0 Å². The number of hydrogen-bond acceptors (Lipinski definition) is 2. The zero-order valence-electron chi connectivity index (χ0n) is 12.5. The molecule has 0 aliphatic heterocycles. The zero-order chi connectivity index (χ0) is 14.4. The summed E-state index contributed by atoms with van der Waals surface area (Å²) in [4.78, 5) is 0. The standard InChI is InChI=1S/C18H23NO/c1-4-19-18(16-8-6-5-7-9-16)13-20-17-11-10-14(2)15(3)12-17/h5-12,18-19H,4,13H2,1-3H3. The van der Waals surface area contributed by atoms with Crippen molar-refractivity contribution in [3.05, 3.63) is 65.2 Å². The Balaban J connectivity index is 2.03. The van der Waals surface area contributed by atoms with Gasteiger partial charge in [0.15, 0.2) is 0 Å². The molecule has 2 heteroatoms. The average molecular weight is 269 g/mol. The number of nitrogens with one attached hydrogen (secondary N) is 1. The van der Waals surface area contributed by atoms with Gasteiger partial charge in [0.1, 0.15) is 12.4 Å². The minimum atomic E-state index is 0.225. The number of aryl methyl sites for hydroxylation is 2. The minimum absolute atomic E-state index is 0.225. The zero-order valence-corrected chi connectivity index (χ0v) is 12.5. The van der Waals surface area contributed by atoms with Crippen LogP contribution in [0.4, 0.5) is 0 Å². The van der Waals surface area contributed by atoms with Crippen molar-refractivity contribution < 1.29 is 4.74 Å². The lowest BCUT2D eigenvalue weighted by atomic mass is 10.1. The summed E-state index contributed by atoms with van der Waals surface area (Å²) in [6.45, 7) is 7.91. The molecule has 0 aliphatic rings. The van der Waals surface area contributed by atoms with Crippen molar-refractivity contribution >= 4 is 0 Å². The molecule has 0 radical (unpaired) electrons. The third kappa shape index (κ3) is 3.84. The Morgan fingerprint density at radius 3 is 2.40 bits per heavy atom. The molecule has 0 saturated carbocycles. The maximum Gasteiger partial charge on any atom is 0.119 e. The van der Waals surface area contributed by atoms with Crippen molar-refractivity contribution in [2.45, 2.75) is 26.8 Å². The topological polar surface area (TPSA) is 21.3 Å². The van der Waals surface area contributed by atoms with Gasteiger partial charge in [0.25, 0.3) is 0 Å². The fourth-order valence-corrected chi connectivity index (χ4v) is 2.19. The van der Waals surface area contributed by atoms with Gasteiger partial charge in [-0.15, -0.1) is 0 Å². The summed E-state index contributed by atoms with van der Waals surface area (Å²) < 4.78 is 5.95. The van der Waals surface area contributed by atoms with Crippen LogP contribution < -0.4 is 10.1 Å². The Labute approximate surface area is 121 Å². The minimum Gasteiger partial charge on any atom is -0.492 e. The normalized spacial score (nSPS) is 12.2. The molecule has 0 spiro atoms. The van der Waals surface area contributed by atoms with Gasteiger partial charge < -0.3 is 10.1 Å². The predicted molar refractivity (Wildman–Crippen MR) is 84.3 cm³/mol. The molecule has 0 aliphatic carbocycles. The second-order valence-electron chi connectivity index (χ2n) is 5.08. The van der Waals surface area contributed by atoms with E-state index >= 15 is 0 Å². The maximum absolute atomic E-state index is 5.95. The van der Waals surface area contributed by atoms with Crippen LogP contribution in [0.2, 0.25) is 0 Å². The molecule has 106 valence electrons. The largest absolute Gasteiger partial charge is 0.492 e. The van der Waals surface area contributed by atoms with E-state index in [0.717, 1.165) is 12.3 Å². The molecule has 0 heterocycles. The molecule has 2 rings (SSSR count). The van der Waals surface area contributed by atoms with Gasteiger partial charge in [0.05, 0.1) is 6.04 Å². The lowest BCUT2D eigenvalue weighted by Crippen LogP contribution is -2.26. The van der Waals surface area contributed by atoms with Crippen molar-refractivity contribution in [1.29, 1.82) is 0 Å². The van der Waals surface area contributed by atoms with E-state index in [1.54, 1.807) is 0 Å². The van der Waals surface area contributed by atoms with Gasteiger partial charge in [-0.05, 0) is 49.2 Å².